The summed E-state index contributed by atoms with van der Waals surface area (Å²) in [5, 5.41) is 3.14. The van der Waals surface area contributed by atoms with E-state index in [2.05, 4.69) is 5.32 Å². The van der Waals surface area contributed by atoms with Crippen LogP contribution in [0.4, 0.5) is 5.69 Å². The zero-order chi connectivity index (χ0) is 15.5. The van der Waals surface area contributed by atoms with Crippen molar-refractivity contribution in [2.24, 2.45) is 0 Å². The molecule has 1 fully saturated rings. The molecule has 1 N–H and O–H groups in total. The van der Waals surface area contributed by atoms with Gasteiger partial charge in [0.15, 0.2) is 0 Å². The highest BCUT2D eigenvalue weighted by molar-refractivity contribution is 5.99. The molecule has 2 amide bonds. The Balaban J connectivity index is 1.75. The molecule has 0 bridgehead atoms. The van der Waals surface area contributed by atoms with Gasteiger partial charge in [0.2, 0.25) is 5.91 Å². The van der Waals surface area contributed by atoms with Gasteiger partial charge in [0.1, 0.15) is 0 Å². The molecule has 1 heterocycles. The first-order valence-corrected chi connectivity index (χ1v) is 8.43. The second-order valence-electron chi connectivity index (χ2n) is 6.30. The lowest BCUT2D eigenvalue weighted by atomic mass is 9.95. The van der Waals surface area contributed by atoms with Crippen LogP contribution >= 0.6 is 0 Å². The van der Waals surface area contributed by atoms with Crippen LogP contribution in [0.3, 0.4) is 0 Å². The van der Waals surface area contributed by atoms with E-state index >= 15 is 0 Å². The molecule has 22 heavy (non-hydrogen) atoms. The lowest BCUT2D eigenvalue weighted by Gasteiger charge is -2.23. The van der Waals surface area contributed by atoms with Crippen molar-refractivity contribution >= 4 is 17.5 Å². The first kappa shape index (κ1) is 15.1. The molecule has 0 aromatic heterocycles. The molecule has 4 heteroatoms. The SMILES string of the molecule is CCC(=O)N1CCc2ccc(C(=O)NC3CCCCC3)cc21. The minimum absolute atomic E-state index is 0.00880. The summed E-state index contributed by atoms with van der Waals surface area (Å²) in [7, 11) is 0. The fourth-order valence-electron chi connectivity index (χ4n) is 3.49. The van der Waals surface area contributed by atoms with Crippen LogP contribution in [0.1, 0.15) is 61.4 Å². The highest BCUT2D eigenvalue weighted by Gasteiger charge is 2.25. The molecule has 0 atom stereocenters. The molecule has 3 rings (SSSR count). The van der Waals surface area contributed by atoms with Gasteiger partial charge in [-0.2, -0.15) is 0 Å². The maximum absolute atomic E-state index is 12.4. The van der Waals surface area contributed by atoms with Gasteiger partial charge in [0.05, 0.1) is 0 Å². The van der Waals surface area contributed by atoms with Gasteiger partial charge >= 0.3 is 0 Å². The van der Waals surface area contributed by atoms with Crippen molar-refractivity contribution in [3.05, 3.63) is 29.3 Å². The summed E-state index contributed by atoms with van der Waals surface area (Å²) in [6, 6.07) is 6.07. The molecular formula is C18H24N2O2. The number of nitrogens with one attached hydrogen (secondary N) is 1. The van der Waals surface area contributed by atoms with Crippen LogP contribution in [-0.4, -0.2) is 24.4 Å². The van der Waals surface area contributed by atoms with Crippen LogP contribution in [-0.2, 0) is 11.2 Å². The van der Waals surface area contributed by atoms with E-state index in [4.69, 9.17) is 0 Å². The van der Waals surface area contributed by atoms with Crippen LogP contribution in [0.2, 0.25) is 0 Å². The van der Waals surface area contributed by atoms with Gasteiger partial charge in [-0.05, 0) is 37.0 Å². The van der Waals surface area contributed by atoms with Gasteiger partial charge in [-0.15, -0.1) is 0 Å². The van der Waals surface area contributed by atoms with Crippen LogP contribution in [0.15, 0.2) is 18.2 Å². The van der Waals surface area contributed by atoms with Crippen molar-refractivity contribution in [2.45, 2.75) is 57.9 Å². The number of nitrogens with zero attached hydrogens (tertiary/aromatic N) is 1. The van der Waals surface area contributed by atoms with Crippen molar-refractivity contribution in [3.63, 3.8) is 0 Å². The fourth-order valence-corrected chi connectivity index (χ4v) is 3.49. The van der Waals surface area contributed by atoms with Crippen molar-refractivity contribution in [3.8, 4) is 0 Å². The molecule has 0 radical (unpaired) electrons. The van der Waals surface area contributed by atoms with E-state index in [-0.39, 0.29) is 11.8 Å². The topological polar surface area (TPSA) is 49.4 Å². The molecule has 118 valence electrons. The summed E-state index contributed by atoms with van der Waals surface area (Å²) in [6.07, 6.45) is 7.22. The molecule has 1 aromatic rings. The summed E-state index contributed by atoms with van der Waals surface area (Å²) in [5.41, 5.74) is 2.75. The van der Waals surface area contributed by atoms with Gasteiger partial charge in [-0.25, -0.2) is 0 Å². The highest BCUT2D eigenvalue weighted by atomic mass is 16.2. The van der Waals surface area contributed by atoms with Gasteiger partial charge in [-0.1, -0.05) is 32.3 Å². The van der Waals surface area contributed by atoms with Gasteiger partial charge in [-0.3, -0.25) is 9.59 Å². The number of fused-ring (bicyclic) bond motifs is 1. The Labute approximate surface area is 131 Å². The lowest BCUT2D eigenvalue weighted by Crippen LogP contribution is -2.36. The second kappa shape index (κ2) is 6.51. The normalized spacial score (nSPS) is 18.1. The Morgan fingerprint density at radius 2 is 2.00 bits per heavy atom. The number of amides is 2. The van der Waals surface area contributed by atoms with Crippen molar-refractivity contribution in [1.82, 2.24) is 5.32 Å². The molecular weight excluding hydrogens is 276 g/mol. The third kappa shape index (κ3) is 3.01. The lowest BCUT2D eigenvalue weighted by molar-refractivity contribution is -0.118. The summed E-state index contributed by atoms with van der Waals surface area (Å²) in [4.78, 5) is 26.3. The summed E-state index contributed by atoms with van der Waals surface area (Å²) >= 11 is 0. The van der Waals surface area contributed by atoms with Crippen LogP contribution in [0.25, 0.3) is 0 Å². The number of rotatable bonds is 3. The maximum Gasteiger partial charge on any atom is 0.251 e. The number of carbonyl (C=O) groups excluding carboxylic acids is 2. The van der Waals surface area contributed by atoms with Gasteiger partial charge in [0, 0.05) is 30.3 Å². The molecule has 4 nitrogen and oxygen atoms in total. The third-order valence-electron chi connectivity index (χ3n) is 4.79. The zero-order valence-electron chi connectivity index (χ0n) is 13.2. The van der Waals surface area contributed by atoms with Crippen molar-refractivity contribution < 1.29 is 9.59 Å². The fraction of sp³-hybridized carbons (Fsp3) is 0.556. The Hall–Kier alpha value is -1.84. The monoisotopic (exact) mass is 300 g/mol. The van der Waals surface area contributed by atoms with E-state index in [1.165, 1.54) is 19.3 Å². The molecule has 2 aliphatic rings. The van der Waals surface area contributed by atoms with Crippen LogP contribution < -0.4 is 10.2 Å². The Morgan fingerprint density at radius 1 is 1.23 bits per heavy atom. The first-order chi connectivity index (χ1) is 10.7. The van der Waals surface area contributed by atoms with E-state index in [9.17, 15) is 9.59 Å². The minimum Gasteiger partial charge on any atom is -0.349 e. The second-order valence-corrected chi connectivity index (χ2v) is 6.30. The Morgan fingerprint density at radius 3 is 2.73 bits per heavy atom. The molecule has 1 saturated carbocycles. The number of anilines is 1. The minimum atomic E-state index is -0.00880. The maximum atomic E-state index is 12.4. The largest absolute Gasteiger partial charge is 0.349 e. The van der Waals surface area contributed by atoms with E-state index in [0.29, 0.717) is 18.0 Å². The molecule has 1 aromatic carbocycles. The third-order valence-corrected chi connectivity index (χ3v) is 4.79. The smallest absolute Gasteiger partial charge is 0.251 e. The van der Waals surface area contributed by atoms with Gasteiger partial charge < -0.3 is 10.2 Å². The summed E-state index contributed by atoms with van der Waals surface area (Å²) in [6.45, 7) is 2.61. The summed E-state index contributed by atoms with van der Waals surface area (Å²) < 4.78 is 0. The van der Waals surface area contributed by atoms with E-state index in [1.54, 1.807) is 0 Å². The average molecular weight is 300 g/mol. The Kier molecular flexibility index (Phi) is 4.46. The molecule has 0 spiro atoms. The predicted molar refractivity (Wildman–Crippen MR) is 87.1 cm³/mol. The quantitative estimate of drug-likeness (QED) is 0.932. The number of hydrogen-bond acceptors (Lipinski definition) is 2. The standard InChI is InChI=1S/C18H24N2O2/c1-2-17(21)20-11-10-13-8-9-14(12-16(13)20)18(22)19-15-6-4-3-5-7-15/h8-9,12,15H,2-7,10-11H2,1H3,(H,19,22). The van der Waals surface area contributed by atoms with Crippen LogP contribution in [0.5, 0.6) is 0 Å². The van der Waals surface area contributed by atoms with Crippen molar-refractivity contribution in [2.75, 3.05) is 11.4 Å². The number of hydrogen-bond donors (Lipinski definition) is 1. The highest BCUT2D eigenvalue weighted by Crippen LogP contribution is 2.29. The van der Waals surface area contributed by atoms with E-state index in [0.717, 1.165) is 37.1 Å². The van der Waals surface area contributed by atoms with E-state index < -0.39 is 0 Å². The van der Waals surface area contributed by atoms with Crippen LogP contribution in [0, 0.1) is 0 Å². The number of benzene rings is 1. The Bertz CT molecular complexity index is 576. The summed E-state index contributed by atoms with van der Waals surface area (Å²) in [5.74, 6) is 0.120. The molecule has 0 unspecified atom stereocenters. The zero-order valence-corrected chi connectivity index (χ0v) is 13.2. The van der Waals surface area contributed by atoms with E-state index in [1.807, 2.05) is 30.0 Å². The number of carbonyl (C=O) groups is 2. The molecule has 1 aliphatic heterocycles. The molecule has 0 saturated heterocycles. The average Bonchev–Trinajstić information content (AvgIpc) is 2.98. The molecule has 1 aliphatic carbocycles. The van der Waals surface area contributed by atoms with Gasteiger partial charge in [0.25, 0.3) is 5.91 Å². The first-order valence-electron chi connectivity index (χ1n) is 8.43. The van der Waals surface area contributed by atoms with Crippen molar-refractivity contribution in [1.29, 1.82) is 0 Å². The predicted octanol–water partition coefficient (Wildman–Crippen LogP) is 3.05.